The lowest BCUT2D eigenvalue weighted by Crippen LogP contribution is -2.44. The molecule has 1 amide bonds. The first-order chi connectivity index (χ1) is 14.2. The van der Waals surface area contributed by atoms with Crippen molar-refractivity contribution in [2.75, 3.05) is 19.7 Å². The molecule has 0 bridgehead atoms. The second-order valence-electron chi connectivity index (χ2n) is 7.62. The van der Waals surface area contributed by atoms with Gasteiger partial charge in [0, 0.05) is 17.8 Å². The largest absolute Gasteiger partial charge is 0.491 e. The maximum absolute atomic E-state index is 13.0. The molecule has 164 valence electrons. The van der Waals surface area contributed by atoms with Crippen LogP contribution >= 0.6 is 11.3 Å². The number of aryl methyl sites for hydroxylation is 1. The molecule has 0 aliphatic carbocycles. The quantitative estimate of drug-likeness (QED) is 0.698. The van der Waals surface area contributed by atoms with Gasteiger partial charge >= 0.3 is 6.18 Å². The summed E-state index contributed by atoms with van der Waals surface area (Å²) in [5.41, 5.74) is 0.247. The minimum absolute atomic E-state index is 0.0269. The van der Waals surface area contributed by atoms with Crippen LogP contribution in [-0.2, 0) is 17.5 Å². The number of piperidine rings is 1. The molecule has 1 saturated heterocycles. The van der Waals surface area contributed by atoms with E-state index in [2.05, 4.69) is 20.6 Å². The molecule has 9 heteroatoms. The van der Waals surface area contributed by atoms with E-state index in [1.165, 1.54) is 18.2 Å². The summed E-state index contributed by atoms with van der Waals surface area (Å²) in [4.78, 5) is 19.3. The van der Waals surface area contributed by atoms with Crippen molar-refractivity contribution < 1.29 is 22.7 Å². The number of nitrogens with zero attached hydrogens (tertiary/aromatic N) is 2. The average molecular weight is 442 g/mol. The molecule has 0 saturated carbocycles. The second-order valence-corrected chi connectivity index (χ2v) is 8.69. The fourth-order valence-corrected chi connectivity index (χ4v) is 4.11. The van der Waals surface area contributed by atoms with Crippen molar-refractivity contribution in [2.45, 2.75) is 45.5 Å². The number of amides is 1. The van der Waals surface area contributed by atoms with Crippen LogP contribution < -0.4 is 10.1 Å². The Morgan fingerprint density at radius 2 is 2.03 bits per heavy atom. The Morgan fingerprint density at radius 3 is 2.67 bits per heavy atom. The van der Waals surface area contributed by atoms with Crippen LogP contribution in [0.5, 0.6) is 5.75 Å². The first-order valence-electron chi connectivity index (χ1n) is 9.95. The van der Waals surface area contributed by atoms with Crippen LogP contribution in [-0.4, -0.2) is 41.5 Å². The second kappa shape index (κ2) is 9.78. The van der Waals surface area contributed by atoms with Gasteiger partial charge in [0.1, 0.15) is 12.4 Å². The van der Waals surface area contributed by atoms with E-state index in [0.29, 0.717) is 0 Å². The number of nitrogens with one attached hydrogen (secondary N) is 1. The molecule has 5 nitrogen and oxygen atoms in total. The zero-order chi connectivity index (χ0) is 21.7. The summed E-state index contributed by atoms with van der Waals surface area (Å²) < 4.78 is 44.5. The third-order valence-corrected chi connectivity index (χ3v) is 5.90. The summed E-state index contributed by atoms with van der Waals surface area (Å²) in [6, 6.07) is 4.70. The van der Waals surface area contributed by atoms with E-state index >= 15 is 0 Å². The molecule has 30 heavy (non-hydrogen) atoms. The number of halogens is 3. The fourth-order valence-electron chi connectivity index (χ4n) is 3.51. The van der Waals surface area contributed by atoms with Gasteiger partial charge in [-0.15, -0.1) is 11.3 Å². The molecule has 1 fully saturated rings. The number of aromatic nitrogens is 1. The number of carbonyl (C=O) groups excluding carboxylic acids is 1. The highest BCUT2D eigenvalue weighted by atomic mass is 32.1. The highest BCUT2D eigenvalue weighted by Crippen LogP contribution is 2.35. The van der Waals surface area contributed by atoms with Gasteiger partial charge in [-0.25, -0.2) is 4.98 Å². The van der Waals surface area contributed by atoms with Crippen LogP contribution in [0.1, 0.15) is 36.0 Å². The lowest BCUT2D eigenvalue weighted by Gasteiger charge is -2.31. The monoisotopic (exact) mass is 441 g/mol. The van der Waals surface area contributed by atoms with E-state index in [-0.39, 0.29) is 24.2 Å². The predicted molar refractivity (Wildman–Crippen MR) is 109 cm³/mol. The summed E-state index contributed by atoms with van der Waals surface area (Å²) in [6.07, 6.45) is -2.98. The van der Waals surface area contributed by atoms with Gasteiger partial charge in [-0.1, -0.05) is 12.1 Å². The number of benzene rings is 1. The van der Waals surface area contributed by atoms with E-state index in [4.69, 9.17) is 4.74 Å². The van der Waals surface area contributed by atoms with Crippen molar-refractivity contribution in [1.82, 2.24) is 15.2 Å². The maximum atomic E-state index is 13.0. The molecular formula is C21H26F3N3O2S. The third-order valence-electron chi connectivity index (χ3n) is 5.08. The molecule has 1 atom stereocenters. The zero-order valence-electron chi connectivity index (χ0n) is 17.0. The number of alkyl halides is 3. The first-order valence-corrected chi connectivity index (χ1v) is 10.8. The van der Waals surface area contributed by atoms with Gasteiger partial charge in [-0.3, -0.25) is 9.69 Å². The van der Waals surface area contributed by atoms with Gasteiger partial charge in [0.2, 0.25) is 5.91 Å². The molecule has 1 N–H and O–H groups in total. The Balaban J connectivity index is 1.43. The third kappa shape index (κ3) is 6.18. The maximum Gasteiger partial charge on any atom is 0.419 e. The highest BCUT2D eigenvalue weighted by Gasteiger charge is 2.34. The summed E-state index contributed by atoms with van der Waals surface area (Å²) in [5, 5.41) is 5.98. The first kappa shape index (κ1) is 22.6. The van der Waals surface area contributed by atoms with Crippen molar-refractivity contribution in [3.63, 3.8) is 0 Å². The molecule has 3 rings (SSSR count). The molecule has 2 aromatic rings. The van der Waals surface area contributed by atoms with Crippen LogP contribution in [0.2, 0.25) is 0 Å². The smallest absolute Gasteiger partial charge is 0.419 e. The molecule has 1 aromatic carbocycles. The van der Waals surface area contributed by atoms with Crippen LogP contribution in [0.3, 0.4) is 0 Å². The zero-order valence-corrected chi connectivity index (χ0v) is 17.9. The van der Waals surface area contributed by atoms with E-state index in [9.17, 15) is 18.0 Å². The number of rotatable bonds is 7. The summed E-state index contributed by atoms with van der Waals surface area (Å²) in [6.45, 7) is 6.12. The number of para-hydroxylation sites is 1. The molecule has 1 aromatic heterocycles. The van der Waals surface area contributed by atoms with Gasteiger partial charge in [-0.05, 0) is 51.9 Å². The highest BCUT2D eigenvalue weighted by molar-refractivity contribution is 7.09. The molecule has 2 heterocycles. The molecule has 1 unspecified atom stereocenters. The van der Waals surface area contributed by atoms with Gasteiger partial charge < -0.3 is 10.1 Å². The van der Waals surface area contributed by atoms with Crippen LogP contribution in [0.4, 0.5) is 13.2 Å². The van der Waals surface area contributed by atoms with Crippen molar-refractivity contribution in [2.24, 2.45) is 5.92 Å². The van der Waals surface area contributed by atoms with E-state index in [0.717, 1.165) is 49.2 Å². The Morgan fingerprint density at radius 1 is 1.33 bits per heavy atom. The van der Waals surface area contributed by atoms with E-state index in [1.54, 1.807) is 18.3 Å². The van der Waals surface area contributed by atoms with Crippen molar-refractivity contribution in [1.29, 1.82) is 0 Å². The van der Waals surface area contributed by atoms with Gasteiger partial charge in [0.05, 0.1) is 22.3 Å². The van der Waals surface area contributed by atoms with Crippen molar-refractivity contribution in [3.05, 3.63) is 45.9 Å². The van der Waals surface area contributed by atoms with E-state index < -0.39 is 17.8 Å². The SMILES string of the molecule is Cc1nc(CN2CCC(C(=O)NC(C)COc3ccccc3C(F)(F)F)CC2)cs1. The van der Waals surface area contributed by atoms with Crippen LogP contribution in [0.25, 0.3) is 0 Å². The lowest BCUT2D eigenvalue weighted by atomic mass is 9.95. The Labute approximate surface area is 178 Å². The Kier molecular flexibility index (Phi) is 7.36. The molecule has 0 radical (unpaired) electrons. The summed E-state index contributed by atoms with van der Waals surface area (Å²) in [5.74, 6) is -0.389. The number of carbonyl (C=O) groups is 1. The topological polar surface area (TPSA) is 54.5 Å². The summed E-state index contributed by atoms with van der Waals surface area (Å²) >= 11 is 1.63. The average Bonchev–Trinajstić information content (AvgIpc) is 3.11. The lowest BCUT2D eigenvalue weighted by molar-refractivity contribution is -0.139. The van der Waals surface area contributed by atoms with Gasteiger partial charge in [0.15, 0.2) is 0 Å². The van der Waals surface area contributed by atoms with E-state index in [1.807, 2.05) is 6.92 Å². The number of hydrogen-bond acceptors (Lipinski definition) is 5. The van der Waals surface area contributed by atoms with Crippen LogP contribution in [0.15, 0.2) is 29.6 Å². The normalized spacial score (nSPS) is 17.0. The van der Waals surface area contributed by atoms with Gasteiger partial charge in [0.25, 0.3) is 0 Å². The minimum Gasteiger partial charge on any atom is -0.491 e. The van der Waals surface area contributed by atoms with Crippen LogP contribution in [0, 0.1) is 12.8 Å². The molecule has 1 aliphatic heterocycles. The van der Waals surface area contributed by atoms with Crippen molar-refractivity contribution >= 4 is 17.2 Å². The summed E-state index contributed by atoms with van der Waals surface area (Å²) in [7, 11) is 0. The number of hydrogen-bond donors (Lipinski definition) is 1. The minimum atomic E-state index is -4.48. The fraction of sp³-hybridized carbons (Fsp3) is 0.524. The molecule has 1 aliphatic rings. The van der Waals surface area contributed by atoms with Gasteiger partial charge in [-0.2, -0.15) is 13.2 Å². The standard InChI is InChI=1S/C21H26F3N3O2S/c1-14(12-29-19-6-4-3-5-18(19)21(22,23)24)25-20(28)16-7-9-27(10-8-16)11-17-13-30-15(2)26-17/h3-6,13-14,16H,7-12H2,1-2H3,(H,25,28). The Hall–Kier alpha value is -2.13. The van der Waals surface area contributed by atoms with Crippen molar-refractivity contribution in [3.8, 4) is 5.75 Å². The molecular weight excluding hydrogens is 415 g/mol. The number of ether oxygens (including phenoxy) is 1. The number of likely N-dealkylation sites (tertiary alicyclic amines) is 1. The number of thiazole rings is 1. The molecule has 0 spiro atoms. The predicted octanol–water partition coefficient (Wildman–Crippen LogP) is 4.27. The Bertz CT molecular complexity index is 848.